The highest BCUT2D eigenvalue weighted by Gasteiger charge is 2.31. The fourth-order valence-corrected chi connectivity index (χ4v) is 4.23. The number of rotatable bonds is 7. The molecule has 7 nitrogen and oxygen atoms in total. The van der Waals surface area contributed by atoms with E-state index in [1.807, 2.05) is 0 Å². The highest BCUT2D eigenvalue weighted by molar-refractivity contribution is 7.98. The maximum atomic E-state index is 11.2. The molecule has 2 aliphatic rings. The SMILES string of the molecule is CSCCc1nc([C@@H]2CCCN(C3CCOCC3)C2)n(CC(=O)O)n1. The molecule has 25 heavy (non-hydrogen) atoms. The smallest absolute Gasteiger partial charge is 0.325 e. The molecule has 1 aromatic rings. The van der Waals surface area contributed by atoms with Crippen molar-refractivity contribution in [2.75, 3.05) is 38.3 Å². The highest BCUT2D eigenvalue weighted by Crippen LogP contribution is 2.29. The molecule has 8 heteroatoms. The van der Waals surface area contributed by atoms with Crippen molar-refractivity contribution in [3.63, 3.8) is 0 Å². The lowest BCUT2D eigenvalue weighted by Gasteiger charge is -2.39. The van der Waals surface area contributed by atoms with E-state index < -0.39 is 5.97 Å². The van der Waals surface area contributed by atoms with Crippen molar-refractivity contribution >= 4 is 17.7 Å². The summed E-state index contributed by atoms with van der Waals surface area (Å²) in [7, 11) is 0. The summed E-state index contributed by atoms with van der Waals surface area (Å²) in [4.78, 5) is 18.5. The number of likely N-dealkylation sites (tertiary alicyclic amines) is 1. The van der Waals surface area contributed by atoms with E-state index in [-0.39, 0.29) is 12.5 Å². The molecule has 1 aromatic heterocycles. The molecule has 2 aliphatic heterocycles. The van der Waals surface area contributed by atoms with Crippen LogP contribution in [0.2, 0.25) is 0 Å². The third-order valence-electron chi connectivity index (χ3n) is 5.08. The van der Waals surface area contributed by atoms with E-state index in [1.165, 1.54) is 0 Å². The number of ether oxygens (including phenoxy) is 1. The lowest BCUT2D eigenvalue weighted by molar-refractivity contribution is -0.138. The number of aromatic nitrogens is 3. The molecule has 3 heterocycles. The Kier molecular flexibility index (Phi) is 6.72. The van der Waals surface area contributed by atoms with E-state index in [9.17, 15) is 9.90 Å². The third kappa shape index (κ3) is 4.95. The van der Waals surface area contributed by atoms with Gasteiger partial charge in [0.15, 0.2) is 5.82 Å². The average molecular weight is 369 g/mol. The van der Waals surface area contributed by atoms with Crippen LogP contribution in [0.5, 0.6) is 0 Å². The molecule has 1 atom stereocenters. The van der Waals surface area contributed by atoms with Gasteiger partial charge in [-0.25, -0.2) is 9.67 Å². The van der Waals surface area contributed by atoms with E-state index in [2.05, 4.69) is 16.3 Å². The summed E-state index contributed by atoms with van der Waals surface area (Å²) in [6.45, 7) is 3.66. The minimum absolute atomic E-state index is 0.102. The Morgan fingerprint density at radius 3 is 2.88 bits per heavy atom. The van der Waals surface area contributed by atoms with E-state index in [0.29, 0.717) is 6.04 Å². The zero-order chi connectivity index (χ0) is 17.6. The highest BCUT2D eigenvalue weighted by atomic mass is 32.2. The molecule has 0 aliphatic carbocycles. The zero-order valence-corrected chi connectivity index (χ0v) is 15.7. The normalized spacial score (nSPS) is 23.0. The van der Waals surface area contributed by atoms with E-state index in [1.54, 1.807) is 16.4 Å². The molecule has 0 saturated carbocycles. The summed E-state index contributed by atoms with van der Waals surface area (Å²) in [5.74, 6) is 1.99. The topological polar surface area (TPSA) is 80.5 Å². The van der Waals surface area contributed by atoms with Crippen molar-refractivity contribution in [3.05, 3.63) is 11.6 Å². The van der Waals surface area contributed by atoms with Crippen molar-refractivity contribution in [3.8, 4) is 0 Å². The Balaban J connectivity index is 1.73. The zero-order valence-electron chi connectivity index (χ0n) is 14.9. The van der Waals surface area contributed by atoms with E-state index in [0.717, 1.165) is 75.8 Å². The fourth-order valence-electron chi connectivity index (χ4n) is 3.85. The second kappa shape index (κ2) is 9.00. The van der Waals surface area contributed by atoms with Crippen molar-refractivity contribution in [1.82, 2.24) is 19.7 Å². The summed E-state index contributed by atoms with van der Waals surface area (Å²) in [5.41, 5.74) is 0. The molecule has 0 spiro atoms. The lowest BCUT2D eigenvalue weighted by Crippen LogP contribution is -2.45. The molecule has 140 valence electrons. The van der Waals surface area contributed by atoms with Crippen LogP contribution in [0.25, 0.3) is 0 Å². The second-order valence-corrected chi connectivity index (χ2v) is 7.84. The molecule has 0 radical (unpaired) electrons. The van der Waals surface area contributed by atoms with E-state index >= 15 is 0 Å². The number of nitrogens with zero attached hydrogens (tertiary/aromatic N) is 4. The maximum absolute atomic E-state index is 11.2. The van der Waals surface area contributed by atoms with Crippen molar-refractivity contribution in [2.24, 2.45) is 0 Å². The number of carboxylic acids is 1. The van der Waals surface area contributed by atoms with Crippen LogP contribution in [0, 0.1) is 0 Å². The monoisotopic (exact) mass is 368 g/mol. The van der Waals surface area contributed by atoms with Crippen LogP contribution in [0.3, 0.4) is 0 Å². The number of hydrogen-bond donors (Lipinski definition) is 1. The molecule has 3 rings (SSSR count). The first-order chi connectivity index (χ1) is 12.2. The molecule has 0 bridgehead atoms. The standard InChI is InChI=1S/C17H28N4O3S/c1-25-10-6-15-18-17(21(19-15)12-16(22)23)13-3-2-7-20(11-13)14-4-8-24-9-5-14/h13-14H,2-12H2,1H3,(H,22,23)/t13-/m1/s1. The van der Waals surface area contributed by atoms with Crippen LogP contribution in [0.15, 0.2) is 0 Å². The molecule has 0 unspecified atom stereocenters. The number of aliphatic carboxylic acids is 1. The number of hydrogen-bond acceptors (Lipinski definition) is 6. The maximum Gasteiger partial charge on any atom is 0.325 e. The average Bonchev–Trinajstić information content (AvgIpc) is 3.03. The van der Waals surface area contributed by atoms with Gasteiger partial charge in [-0.2, -0.15) is 16.9 Å². The number of piperidine rings is 1. The number of thioether (sulfide) groups is 1. The van der Waals surface area contributed by atoms with Gasteiger partial charge in [-0.05, 0) is 38.5 Å². The summed E-state index contributed by atoms with van der Waals surface area (Å²) in [6, 6.07) is 0.586. The lowest BCUT2D eigenvalue weighted by atomic mass is 9.94. The van der Waals surface area contributed by atoms with Gasteiger partial charge < -0.3 is 9.84 Å². The fraction of sp³-hybridized carbons (Fsp3) is 0.824. The molecule has 0 aromatic carbocycles. The van der Waals surface area contributed by atoms with Crippen LogP contribution < -0.4 is 0 Å². The van der Waals surface area contributed by atoms with Crippen molar-refractivity contribution in [2.45, 2.75) is 50.6 Å². The Bertz CT molecular complexity index is 574. The molecular weight excluding hydrogens is 340 g/mol. The first-order valence-corrected chi connectivity index (χ1v) is 10.5. The minimum Gasteiger partial charge on any atom is -0.480 e. The largest absolute Gasteiger partial charge is 0.480 e. The third-order valence-corrected chi connectivity index (χ3v) is 5.70. The van der Waals surface area contributed by atoms with Crippen LogP contribution >= 0.6 is 11.8 Å². The predicted octanol–water partition coefficient (Wildman–Crippen LogP) is 1.63. The Morgan fingerprint density at radius 2 is 2.16 bits per heavy atom. The first-order valence-electron chi connectivity index (χ1n) is 9.13. The van der Waals surface area contributed by atoms with Crippen LogP contribution in [0.4, 0.5) is 0 Å². The van der Waals surface area contributed by atoms with Gasteiger partial charge in [0.05, 0.1) is 0 Å². The minimum atomic E-state index is -0.861. The van der Waals surface area contributed by atoms with Gasteiger partial charge in [-0.15, -0.1) is 0 Å². The molecule has 2 fully saturated rings. The summed E-state index contributed by atoms with van der Waals surface area (Å²) < 4.78 is 7.11. The Hall–Kier alpha value is -1.12. The van der Waals surface area contributed by atoms with Gasteiger partial charge in [-0.1, -0.05) is 0 Å². The Morgan fingerprint density at radius 1 is 1.36 bits per heavy atom. The van der Waals surface area contributed by atoms with Gasteiger partial charge in [0, 0.05) is 43.9 Å². The van der Waals surface area contributed by atoms with Gasteiger partial charge in [0.25, 0.3) is 0 Å². The van der Waals surface area contributed by atoms with Gasteiger partial charge in [-0.3, -0.25) is 9.69 Å². The van der Waals surface area contributed by atoms with Crippen LogP contribution in [-0.2, 0) is 22.5 Å². The van der Waals surface area contributed by atoms with Crippen molar-refractivity contribution < 1.29 is 14.6 Å². The number of carboxylic acid groups (broad SMARTS) is 1. The summed E-state index contributed by atoms with van der Waals surface area (Å²) in [5, 5.41) is 13.7. The Labute approximate surface area is 153 Å². The second-order valence-electron chi connectivity index (χ2n) is 6.86. The van der Waals surface area contributed by atoms with Crippen LogP contribution in [0.1, 0.15) is 43.3 Å². The first kappa shape index (κ1) is 18.7. The summed E-state index contributed by atoms with van der Waals surface area (Å²) in [6.07, 6.45) is 7.21. The van der Waals surface area contributed by atoms with Gasteiger partial charge in [0.2, 0.25) is 0 Å². The summed E-state index contributed by atoms with van der Waals surface area (Å²) >= 11 is 1.75. The number of carbonyl (C=O) groups is 1. The molecule has 0 amide bonds. The number of aryl methyl sites for hydroxylation is 1. The van der Waals surface area contributed by atoms with Gasteiger partial charge in [0.1, 0.15) is 12.4 Å². The van der Waals surface area contributed by atoms with Crippen LogP contribution in [-0.4, -0.2) is 75.1 Å². The van der Waals surface area contributed by atoms with Gasteiger partial charge >= 0.3 is 5.97 Å². The quantitative estimate of drug-likeness (QED) is 0.783. The molecule has 2 saturated heterocycles. The molecular formula is C17H28N4O3S. The van der Waals surface area contributed by atoms with E-state index in [4.69, 9.17) is 9.72 Å². The molecule has 1 N–H and O–H groups in total. The predicted molar refractivity (Wildman–Crippen MR) is 97.1 cm³/mol. The van der Waals surface area contributed by atoms with Crippen molar-refractivity contribution in [1.29, 1.82) is 0 Å².